The minimum Gasteiger partial charge on any atom is -0.497 e. The number of amides is 2. The number of hydrogen-bond donors (Lipinski definition) is 3. The predicted molar refractivity (Wildman–Crippen MR) is 178 cm³/mol. The van der Waals surface area contributed by atoms with Crippen LogP contribution >= 0.6 is 0 Å². The molecular weight excluding hydrogens is 590 g/mol. The molecule has 1 aliphatic carbocycles. The van der Waals surface area contributed by atoms with E-state index in [4.69, 9.17) is 23.7 Å². The summed E-state index contributed by atoms with van der Waals surface area (Å²) < 4.78 is 27.6. The van der Waals surface area contributed by atoms with E-state index in [2.05, 4.69) is 16.0 Å². The van der Waals surface area contributed by atoms with E-state index in [0.29, 0.717) is 77.9 Å². The zero-order chi connectivity index (χ0) is 33.2. The van der Waals surface area contributed by atoms with Gasteiger partial charge in [-0.3, -0.25) is 14.4 Å². The molecule has 1 aliphatic rings. The quantitative estimate of drug-likeness (QED) is 0.197. The molecule has 46 heavy (non-hydrogen) atoms. The first-order valence-corrected chi connectivity index (χ1v) is 15.3. The van der Waals surface area contributed by atoms with Gasteiger partial charge < -0.3 is 39.6 Å². The summed E-state index contributed by atoms with van der Waals surface area (Å²) >= 11 is 0. The third kappa shape index (κ3) is 7.82. The van der Waals surface area contributed by atoms with E-state index >= 15 is 0 Å². The molecule has 1 atom stereocenters. The Labute approximate surface area is 269 Å². The Kier molecular flexibility index (Phi) is 11.7. The SMILES string of the molecule is COc1ccc(NC(=O)CCCCCNc2ccc3c(cc2=O)[C@@H](NC(C)=O)CCc2cc(OC)c(OC)c(OC)c2-3)c(OC)c1. The highest BCUT2D eigenvalue weighted by molar-refractivity contribution is 5.92. The summed E-state index contributed by atoms with van der Waals surface area (Å²) in [6, 6.07) is 12.0. The van der Waals surface area contributed by atoms with Gasteiger partial charge in [-0.1, -0.05) is 12.5 Å². The number of anilines is 2. The molecule has 0 spiro atoms. The lowest BCUT2D eigenvalue weighted by Crippen LogP contribution is -2.26. The van der Waals surface area contributed by atoms with Crippen LogP contribution in [0.25, 0.3) is 11.1 Å². The maximum absolute atomic E-state index is 13.5. The number of fused-ring (bicyclic) bond motifs is 3. The van der Waals surface area contributed by atoms with Crippen molar-refractivity contribution in [3.8, 4) is 39.9 Å². The Morgan fingerprint density at radius 3 is 2.22 bits per heavy atom. The molecule has 3 N–H and O–H groups in total. The normalized spacial score (nSPS) is 13.3. The van der Waals surface area contributed by atoms with E-state index in [9.17, 15) is 14.4 Å². The number of ether oxygens (including phenoxy) is 5. The van der Waals surface area contributed by atoms with Crippen LogP contribution in [0.1, 0.15) is 56.2 Å². The molecule has 0 saturated heterocycles. The number of carbonyl (C=O) groups is 2. The van der Waals surface area contributed by atoms with Crippen molar-refractivity contribution in [1.82, 2.24) is 5.32 Å². The van der Waals surface area contributed by atoms with Crippen molar-refractivity contribution in [2.75, 3.05) is 52.7 Å². The number of rotatable bonds is 14. The van der Waals surface area contributed by atoms with Gasteiger partial charge in [0.2, 0.25) is 23.0 Å². The van der Waals surface area contributed by atoms with Crippen LogP contribution < -0.4 is 45.1 Å². The first-order chi connectivity index (χ1) is 22.2. The van der Waals surface area contributed by atoms with E-state index in [1.807, 2.05) is 12.1 Å². The molecule has 0 aromatic heterocycles. The summed E-state index contributed by atoms with van der Waals surface area (Å²) in [5, 5.41) is 9.18. The van der Waals surface area contributed by atoms with Gasteiger partial charge in [0.15, 0.2) is 11.5 Å². The molecule has 11 nitrogen and oxygen atoms in total. The van der Waals surface area contributed by atoms with Crippen molar-refractivity contribution in [1.29, 1.82) is 0 Å². The van der Waals surface area contributed by atoms with Gasteiger partial charge in [0, 0.05) is 31.5 Å². The van der Waals surface area contributed by atoms with Crippen molar-refractivity contribution in [2.45, 2.75) is 51.5 Å². The van der Waals surface area contributed by atoms with Gasteiger partial charge in [-0.05, 0) is 72.7 Å². The zero-order valence-corrected chi connectivity index (χ0v) is 27.3. The van der Waals surface area contributed by atoms with E-state index < -0.39 is 0 Å². The molecule has 0 fully saturated rings. The van der Waals surface area contributed by atoms with Crippen LogP contribution in [-0.2, 0) is 16.0 Å². The van der Waals surface area contributed by atoms with Gasteiger partial charge >= 0.3 is 0 Å². The summed E-state index contributed by atoms with van der Waals surface area (Å²) in [4.78, 5) is 38.2. The fraction of sp³-hybridized carbons (Fsp3) is 0.400. The maximum Gasteiger partial charge on any atom is 0.224 e. The van der Waals surface area contributed by atoms with Crippen molar-refractivity contribution >= 4 is 23.2 Å². The van der Waals surface area contributed by atoms with Gasteiger partial charge in [0.05, 0.1) is 53.0 Å². The van der Waals surface area contributed by atoms with Gasteiger partial charge in [-0.2, -0.15) is 0 Å². The molecule has 0 bridgehead atoms. The monoisotopic (exact) mass is 633 g/mol. The number of nitrogens with one attached hydrogen (secondary N) is 3. The summed E-state index contributed by atoms with van der Waals surface area (Å²) in [6.45, 7) is 2.02. The topological polar surface area (TPSA) is 133 Å². The van der Waals surface area contributed by atoms with Crippen molar-refractivity contribution in [3.05, 3.63) is 63.8 Å². The molecule has 4 rings (SSSR count). The minimum atomic E-state index is -0.376. The molecule has 0 saturated carbocycles. The van der Waals surface area contributed by atoms with E-state index in [0.717, 1.165) is 29.5 Å². The molecule has 0 heterocycles. The van der Waals surface area contributed by atoms with E-state index in [-0.39, 0.29) is 23.3 Å². The Balaban J connectivity index is 1.47. The van der Waals surface area contributed by atoms with Crippen molar-refractivity contribution in [2.24, 2.45) is 0 Å². The Hall–Kier alpha value is -4.93. The first-order valence-electron chi connectivity index (χ1n) is 15.3. The number of aryl methyl sites for hydroxylation is 1. The lowest BCUT2D eigenvalue weighted by molar-refractivity contribution is -0.119. The van der Waals surface area contributed by atoms with Crippen LogP contribution in [0.5, 0.6) is 28.7 Å². The van der Waals surface area contributed by atoms with E-state index in [1.165, 1.54) is 6.92 Å². The van der Waals surface area contributed by atoms with Gasteiger partial charge in [-0.25, -0.2) is 0 Å². The molecule has 0 radical (unpaired) electrons. The Morgan fingerprint density at radius 2 is 1.54 bits per heavy atom. The summed E-state index contributed by atoms with van der Waals surface area (Å²) in [6.07, 6.45) is 3.81. The molecule has 11 heteroatoms. The molecule has 246 valence electrons. The van der Waals surface area contributed by atoms with Crippen LogP contribution in [0, 0.1) is 0 Å². The van der Waals surface area contributed by atoms with Gasteiger partial charge in [-0.15, -0.1) is 0 Å². The number of hydrogen-bond acceptors (Lipinski definition) is 9. The molecule has 3 aromatic rings. The molecule has 3 aromatic carbocycles. The molecule has 0 unspecified atom stereocenters. The second-order valence-corrected chi connectivity index (χ2v) is 10.9. The largest absolute Gasteiger partial charge is 0.497 e. The van der Waals surface area contributed by atoms with Gasteiger partial charge in [0.1, 0.15) is 11.5 Å². The highest BCUT2D eigenvalue weighted by Crippen LogP contribution is 2.50. The number of benzene rings is 2. The van der Waals surface area contributed by atoms with Crippen LogP contribution in [0.15, 0.2) is 47.3 Å². The Bertz CT molecular complexity index is 1620. The molecule has 2 amide bonds. The van der Waals surface area contributed by atoms with Crippen molar-refractivity contribution in [3.63, 3.8) is 0 Å². The minimum absolute atomic E-state index is 0.103. The highest BCUT2D eigenvalue weighted by Gasteiger charge is 2.29. The predicted octanol–water partition coefficient (Wildman–Crippen LogP) is 5.49. The van der Waals surface area contributed by atoms with E-state index in [1.54, 1.807) is 65.9 Å². The first kappa shape index (κ1) is 34.0. The second-order valence-electron chi connectivity index (χ2n) is 10.9. The lowest BCUT2D eigenvalue weighted by atomic mass is 9.95. The lowest BCUT2D eigenvalue weighted by Gasteiger charge is -2.19. The van der Waals surface area contributed by atoms with Crippen molar-refractivity contribution < 1.29 is 33.3 Å². The highest BCUT2D eigenvalue weighted by atomic mass is 16.5. The third-order valence-corrected chi connectivity index (χ3v) is 7.99. The standard InChI is InChI=1S/C35H43N3O8/c1-21(39)37-26-14-11-22-18-31(44-4)34(45-5)35(46-6)33(22)24-13-16-27(29(40)20-25(24)26)36-17-9-7-8-10-32(41)38-28-15-12-23(42-2)19-30(28)43-3/h12-13,15-16,18-20,26H,7-11,14,17H2,1-6H3,(H,36,40)(H,37,39)(H,38,41)/t26-/m0/s1. The fourth-order valence-corrected chi connectivity index (χ4v) is 5.78. The third-order valence-electron chi connectivity index (χ3n) is 7.99. The summed E-state index contributed by atoms with van der Waals surface area (Å²) in [5.41, 5.74) is 4.09. The summed E-state index contributed by atoms with van der Waals surface area (Å²) in [5.74, 6) is 2.39. The second kappa shape index (κ2) is 15.9. The van der Waals surface area contributed by atoms with Crippen LogP contribution in [0.2, 0.25) is 0 Å². The van der Waals surface area contributed by atoms with Crippen LogP contribution in [-0.4, -0.2) is 53.9 Å². The van der Waals surface area contributed by atoms with Crippen LogP contribution in [0.3, 0.4) is 0 Å². The maximum atomic E-state index is 13.5. The van der Waals surface area contributed by atoms with Gasteiger partial charge in [0.25, 0.3) is 0 Å². The number of carbonyl (C=O) groups excluding carboxylic acids is 2. The Morgan fingerprint density at radius 1 is 0.804 bits per heavy atom. The molecule has 0 aliphatic heterocycles. The average molecular weight is 634 g/mol. The smallest absolute Gasteiger partial charge is 0.224 e. The molecular formula is C35H43N3O8. The zero-order valence-electron chi connectivity index (χ0n) is 27.3. The fourth-order valence-electron chi connectivity index (χ4n) is 5.78. The van der Waals surface area contributed by atoms with Crippen LogP contribution in [0.4, 0.5) is 11.4 Å². The average Bonchev–Trinajstić information content (AvgIpc) is 3.29. The number of methoxy groups -OCH3 is 5. The summed E-state index contributed by atoms with van der Waals surface area (Å²) in [7, 11) is 7.81. The number of unbranched alkanes of at least 4 members (excludes halogenated alkanes) is 2.